The quantitative estimate of drug-likeness (QED) is 0.460. The maximum atomic E-state index is 11.6. The van der Waals surface area contributed by atoms with Crippen LogP contribution in [-0.2, 0) is 6.54 Å². The molecule has 0 radical (unpaired) electrons. The Morgan fingerprint density at radius 1 is 1.50 bits per heavy atom. The van der Waals surface area contributed by atoms with E-state index in [4.69, 9.17) is 5.84 Å². The minimum atomic E-state index is -0.321. The van der Waals surface area contributed by atoms with Crippen molar-refractivity contribution in [2.24, 2.45) is 5.84 Å². The first kappa shape index (κ1) is 12.5. The number of hydrogen-bond acceptors (Lipinski definition) is 4. The van der Waals surface area contributed by atoms with E-state index in [1.165, 1.54) is 0 Å². The highest BCUT2D eigenvalue weighted by molar-refractivity contribution is 6.04. The van der Waals surface area contributed by atoms with E-state index < -0.39 is 0 Å². The molecule has 0 bridgehead atoms. The SMILES string of the molecule is CN(C)CCn1cnc2c(C(=O)NN)cccc21. The number of nitrogen functional groups attached to an aromatic ring is 1. The molecule has 1 aromatic heterocycles. The van der Waals surface area contributed by atoms with Crippen LogP contribution in [0.5, 0.6) is 0 Å². The van der Waals surface area contributed by atoms with Gasteiger partial charge in [0.15, 0.2) is 0 Å². The fraction of sp³-hybridized carbons (Fsp3) is 0.333. The lowest BCUT2D eigenvalue weighted by atomic mass is 10.2. The lowest BCUT2D eigenvalue weighted by Crippen LogP contribution is -2.30. The van der Waals surface area contributed by atoms with E-state index in [1.54, 1.807) is 12.4 Å². The second kappa shape index (κ2) is 5.16. The van der Waals surface area contributed by atoms with Crippen molar-refractivity contribution >= 4 is 16.9 Å². The first-order valence-electron chi connectivity index (χ1n) is 5.73. The topological polar surface area (TPSA) is 76.2 Å². The van der Waals surface area contributed by atoms with Gasteiger partial charge in [-0.25, -0.2) is 10.8 Å². The first-order valence-corrected chi connectivity index (χ1v) is 5.73. The number of hydrogen-bond donors (Lipinski definition) is 2. The second-order valence-corrected chi connectivity index (χ2v) is 4.39. The lowest BCUT2D eigenvalue weighted by Gasteiger charge is -2.10. The number of fused-ring (bicyclic) bond motifs is 1. The van der Waals surface area contributed by atoms with Crippen LogP contribution in [0.1, 0.15) is 10.4 Å². The maximum absolute atomic E-state index is 11.6. The summed E-state index contributed by atoms with van der Waals surface area (Å²) >= 11 is 0. The molecular weight excluding hydrogens is 230 g/mol. The molecule has 1 heterocycles. The fourth-order valence-electron chi connectivity index (χ4n) is 1.84. The van der Waals surface area contributed by atoms with Crippen molar-refractivity contribution in [3.63, 3.8) is 0 Å². The van der Waals surface area contributed by atoms with Gasteiger partial charge in [0.25, 0.3) is 5.91 Å². The highest BCUT2D eigenvalue weighted by Gasteiger charge is 2.12. The Labute approximate surface area is 105 Å². The summed E-state index contributed by atoms with van der Waals surface area (Å²) < 4.78 is 2.03. The first-order chi connectivity index (χ1) is 8.63. The Bertz CT molecular complexity index is 561. The Hall–Kier alpha value is -1.92. The van der Waals surface area contributed by atoms with Crippen molar-refractivity contribution in [2.75, 3.05) is 20.6 Å². The van der Waals surface area contributed by atoms with Crippen LogP contribution in [-0.4, -0.2) is 41.0 Å². The van der Waals surface area contributed by atoms with Crippen LogP contribution in [0, 0.1) is 0 Å². The molecule has 0 unspecified atom stereocenters. The van der Waals surface area contributed by atoms with Crippen molar-refractivity contribution in [1.29, 1.82) is 0 Å². The summed E-state index contributed by atoms with van der Waals surface area (Å²) in [6, 6.07) is 5.50. The number of nitrogens with two attached hydrogens (primary N) is 1. The van der Waals surface area contributed by atoms with Crippen LogP contribution in [0.3, 0.4) is 0 Å². The molecule has 1 amide bonds. The number of para-hydroxylation sites is 1. The Balaban J connectivity index is 2.39. The number of imidazole rings is 1. The van der Waals surface area contributed by atoms with E-state index >= 15 is 0 Å². The van der Waals surface area contributed by atoms with Crippen molar-refractivity contribution < 1.29 is 4.79 Å². The summed E-state index contributed by atoms with van der Waals surface area (Å²) in [5, 5.41) is 0. The molecule has 6 heteroatoms. The molecule has 0 aliphatic rings. The predicted molar refractivity (Wildman–Crippen MR) is 69.9 cm³/mol. The summed E-state index contributed by atoms with van der Waals surface area (Å²) in [7, 11) is 4.04. The number of carbonyl (C=O) groups is 1. The maximum Gasteiger partial charge on any atom is 0.267 e. The number of nitrogens with one attached hydrogen (secondary N) is 1. The van der Waals surface area contributed by atoms with Crippen LogP contribution in [0.25, 0.3) is 11.0 Å². The molecule has 1 aromatic carbocycles. The van der Waals surface area contributed by atoms with Crippen molar-refractivity contribution in [3.05, 3.63) is 30.1 Å². The standard InChI is InChI=1S/C12H17N5O/c1-16(2)6-7-17-8-14-11-9(12(18)15-13)4-3-5-10(11)17/h3-5,8H,6-7,13H2,1-2H3,(H,15,18). The Morgan fingerprint density at radius 3 is 2.94 bits per heavy atom. The zero-order chi connectivity index (χ0) is 13.1. The predicted octanol–water partition coefficient (Wildman–Crippen LogP) is 0.201. The number of rotatable bonds is 4. The molecule has 18 heavy (non-hydrogen) atoms. The zero-order valence-electron chi connectivity index (χ0n) is 10.6. The number of aromatic nitrogens is 2. The zero-order valence-corrected chi connectivity index (χ0v) is 10.6. The molecule has 0 aliphatic carbocycles. The van der Waals surface area contributed by atoms with Crippen molar-refractivity contribution in [2.45, 2.75) is 6.54 Å². The third-order valence-corrected chi connectivity index (χ3v) is 2.81. The average molecular weight is 247 g/mol. The van der Waals surface area contributed by atoms with E-state index in [-0.39, 0.29) is 5.91 Å². The van der Waals surface area contributed by atoms with Crippen LogP contribution in [0.4, 0.5) is 0 Å². The van der Waals surface area contributed by atoms with Crippen molar-refractivity contribution in [3.8, 4) is 0 Å². The van der Waals surface area contributed by atoms with Gasteiger partial charge in [-0.05, 0) is 26.2 Å². The van der Waals surface area contributed by atoms with Crippen LogP contribution in [0.2, 0.25) is 0 Å². The molecule has 0 fully saturated rings. The fourth-order valence-corrected chi connectivity index (χ4v) is 1.84. The van der Waals surface area contributed by atoms with Crippen LogP contribution in [0.15, 0.2) is 24.5 Å². The second-order valence-electron chi connectivity index (χ2n) is 4.39. The highest BCUT2D eigenvalue weighted by atomic mass is 16.2. The minimum Gasteiger partial charge on any atom is -0.329 e. The Kier molecular flexibility index (Phi) is 3.59. The normalized spacial score (nSPS) is 11.1. The molecule has 6 nitrogen and oxygen atoms in total. The van der Waals surface area contributed by atoms with Crippen molar-refractivity contribution in [1.82, 2.24) is 19.9 Å². The third kappa shape index (κ3) is 2.34. The van der Waals surface area contributed by atoms with Gasteiger partial charge in [0.2, 0.25) is 0 Å². The number of benzene rings is 1. The number of nitrogens with zero attached hydrogens (tertiary/aromatic N) is 3. The van der Waals surface area contributed by atoms with Gasteiger partial charge in [-0.15, -0.1) is 0 Å². The summed E-state index contributed by atoms with van der Waals surface area (Å²) in [5.74, 6) is 4.84. The molecule has 0 atom stereocenters. The van der Waals surface area contributed by atoms with Gasteiger partial charge >= 0.3 is 0 Å². The minimum absolute atomic E-state index is 0.321. The average Bonchev–Trinajstić information content (AvgIpc) is 2.78. The largest absolute Gasteiger partial charge is 0.329 e. The Morgan fingerprint density at radius 2 is 2.28 bits per heavy atom. The molecule has 2 aromatic rings. The molecule has 0 saturated carbocycles. The van der Waals surface area contributed by atoms with E-state index in [0.29, 0.717) is 11.1 Å². The van der Waals surface area contributed by atoms with Gasteiger partial charge in [0.1, 0.15) is 5.52 Å². The molecule has 3 N–H and O–H groups in total. The number of hydrazine groups is 1. The van der Waals surface area contributed by atoms with Crippen LogP contribution >= 0.6 is 0 Å². The highest BCUT2D eigenvalue weighted by Crippen LogP contribution is 2.17. The summed E-state index contributed by atoms with van der Waals surface area (Å²) in [4.78, 5) is 18.0. The molecule has 0 spiro atoms. The van der Waals surface area contributed by atoms with E-state index in [2.05, 4.69) is 15.3 Å². The molecule has 2 rings (SSSR count). The lowest BCUT2D eigenvalue weighted by molar-refractivity contribution is 0.0955. The summed E-state index contributed by atoms with van der Waals surface area (Å²) in [6.07, 6.45) is 1.75. The van der Waals surface area contributed by atoms with E-state index in [9.17, 15) is 4.79 Å². The molecule has 0 aliphatic heterocycles. The van der Waals surface area contributed by atoms with Gasteiger partial charge in [-0.2, -0.15) is 0 Å². The molecular formula is C12H17N5O. The molecule has 96 valence electrons. The van der Waals surface area contributed by atoms with Gasteiger partial charge in [0.05, 0.1) is 17.4 Å². The van der Waals surface area contributed by atoms with E-state index in [1.807, 2.05) is 30.8 Å². The summed E-state index contributed by atoms with van der Waals surface area (Å²) in [6.45, 7) is 1.75. The van der Waals surface area contributed by atoms with E-state index in [0.717, 1.165) is 18.6 Å². The monoisotopic (exact) mass is 247 g/mol. The van der Waals surface area contributed by atoms with Crippen LogP contribution < -0.4 is 11.3 Å². The third-order valence-electron chi connectivity index (χ3n) is 2.81. The number of carbonyl (C=O) groups excluding carboxylic acids is 1. The number of likely N-dealkylation sites (N-methyl/N-ethyl adjacent to an activating group) is 1. The van der Waals surface area contributed by atoms with Gasteiger partial charge in [-0.1, -0.05) is 6.07 Å². The summed E-state index contributed by atoms with van der Waals surface area (Å²) in [5.41, 5.74) is 4.26. The van der Waals surface area contributed by atoms with Gasteiger partial charge in [0, 0.05) is 13.1 Å². The van der Waals surface area contributed by atoms with Gasteiger partial charge in [-0.3, -0.25) is 10.2 Å². The smallest absolute Gasteiger partial charge is 0.267 e. The molecule has 0 saturated heterocycles. The van der Waals surface area contributed by atoms with Gasteiger partial charge < -0.3 is 9.47 Å². The number of amides is 1.